The summed E-state index contributed by atoms with van der Waals surface area (Å²) in [5.41, 5.74) is 6.09. The third-order valence-corrected chi connectivity index (χ3v) is 3.58. The molecule has 0 spiro atoms. The first kappa shape index (κ1) is 14.0. The normalized spacial score (nSPS) is 22.6. The molecule has 0 amide bonds. The molecule has 0 saturated carbocycles. The van der Waals surface area contributed by atoms with Crippen molar-refractivity contribution in [2.75, 3.05) is 18.0 Å². The third-order valence-electron chi connectivity index (χ3n) is 3.58. The molecule has 1 atom stereocenters. The molecule has 2 rings (SSSR count). The highest BCUT2D eigenvalue weighted by atomic mass is 19.3. The SMILES string of the molecule is CC1(C)CN(c2ccc(OC(F)F)cn2)CCC1N. The van der Waals surface area contributed by atoms with Crippen LogP contribution in [0.4, 0.5) is 14.6 Å². The number of anilines is 1. The number of alkyl halides is 2. The average molecular weight is 271 g/mol. The van der Waals surface area contributed by atoms with Gasteiger partial charge in [0.25, 0.3) is 0 Å². The van der Waals surface area contributed by atoms with E-state index in [4.69, 9.17) is 5.73 Å². The van der Waals surface area contributed by atoms with E-state index in [0.29, 0.717) is 0 Å². The lowest BCUT2D eigenvalue weighted by atomic mass is 9.80. The first-order valence-corrected chi connectivity index (χ1v) is 6.30. The Hall–Kier alpha value is -1.43. The Morgan fingerprint density at radius 2 is 2.21 bits per heavy atom. The van der Waals surface area contributed by atoms with Gasteiger partial charge in [0.05, 0.1) is 6.20 Å². The number of pyridine rings is 1. The van der Waals surface area contributed by atoms with Gasteiger partial charge in [-0.1, -0.05) is 13.8 Å². The highest BCUT2D eigenvalue weighted by Crippen LogP contribution is 2.30. The van der Waals surface area contributed by atoms with Gasteiger partial charge in [0.2, 0.25) is 0 Å². The minimum atomic E-state index is -2.82. The molecule has 2 heterocycles. The van der Waals surface area contributed by atoms with E-state index in [-0.39, 0.29) is 17.2 Å². The molecule has 1 aliphatic rings. The van der Waals surface area contributed by atoms with Gasteiger partial charge in [0.15, 0.2) is 0 Å². The summed E-state index contributed by atoms with van der Waals surface area (Å²) in [4.78, 5) is 6.29. The Kier molecular flexibility index (Phi) is 3.89. The predicted octanol–water partition coefficient (Wildman–Crippen LogP) is 2.25. The molecular weight excluding hydrogens is 252 g/mol. The summed E-state index contributed by atoms with van der Waals surface area (Å²) in [5, 5.41) is 0. The number of halogens is 2. The van der Waals surface area contributed by atoms with E-state index < -0.39 is 6.61 Å². The molecule has 1 aliphatic heterocycles. The number of hydrogen-bond acceptors (Lipinski definition) is 4. The quantitative estimate of drug-likeness (QED) is 0.916. The lowest BCUT2D eigenvalue weighted by Gasteiger charge is -2.43. The van der Waals surface area contributed by atoms with Crippen molar-refractivity contribution in [2.24, 2.45) is 11.1 Å². The van der Waals surface area contributed by atoms with Crippen molar-refractivity contribution in [2.45, 2.75) is 32.9 Å². The molecule has 1 saturated heterocycles. The van der Waals surface area contributed by atoms with Crippen LogP contribution in [0.1, 0.15) is 20.3 Å². The van der Waals surface area contributed by atoms with Gasteiger partial charge in [-0.05, 0) is 24.0 Å². The maximum Gasteiger partial charge on any atom is 0.387 e. The second-order valence-corrected chi connectivity index (χ2v) is 5.54. The standard InChI is InChI=1S/C13H19F2N3O/c1-13(2)8-18(6-5-10(13)16)11-4-3-9(7-17-11)19-12(14)15/h3-4,7,10,12H,5-6,8,16H2,1-2H3. The van der Waals surface area contributed by atoms with Gasteiger partial charge in [-0.15, -0.1) is 0 Å². The summed E-state index contributed by atoms with van der Waals surface area (Å²) in [7, 11) is 0. The van der Waals surface area contributed by atoms with Crippen LogP contribution in [0.2, 0.25) is 0 Å². The fraction of sp³-hybridized carbons (Fsp3) is 0.615. The number of piperidine rings is 1. The van der Waals surface area contributed by atoms with Gasteiger partial charge in [0, 0.05) is 19.1 Å². The molecule has 0 bridgehead atoms. The minimum absolute atomic E-state index is 0.0120. The second kappa shape index (κ2) is 5.28. The first-order valence-electron chi connectivity index (χ1n) is 6.30. The first-order chi connectivity index (χ1) is 8.88. The highest BCUT2D eigenvalue weighted by molar-refractivity contribution is 5.42. The van der Waals surface area contributed by atoms with Crippen molar-refractivity contribution in [3.8, 4) is 5.75 Å². The monoisotopic (exact) mass is 271 g/mol. The van der Waals surface area contributed by atoms with Crippen LogP contribution in [0.5, 0.6) is 5.75 Å². The second-order valence-electron chi connectivity index (χ2n) is 5.54. The summed E-state index contributed by atoms with van der Waals surface area (Å²) in [6.07, 6.45) is 2.22. The van der Waals surface area contributed by atoms with Crippen LogP contribution in [0.15, 0.2) is 18.3 Å². The largest absolute Gasteiger partial charge is 0.433 e. The molecule has 1 fully saturated rings. The molecule has 1 unspecified atom stereocenters. The van der Waals surface area contributed by atoms with Crippen LogP contribution < -0.4 is 15.4 Å². The number of aromatic nitrogens is 1. The number of hydrogen-bond donors (Lipinski definition) is 1. The van der Waals surface area contributed by atoms with Crippen molar-refractivity contribution >= 4 is 5.82 Å². The molecule has 4 nitrogen and oxygen atoms in total. The van der Waals surface area contributed by atoms with Crippen molar-refractivity contribution in [3.05, 3.63) is 18.3 Å². The van der Waals surface area contributed by atoms with Gasteiger partial charge >= 0.3 is 6.61 Å². The van der Waals surface area contributed by atoms with Crippen LogP contribution in [-0.4, -0.2) is 30.7 Å². The Labute approximate surface area is 111 Å². The van der Waals surface area contributed by atoms with Gasteiger partial charge in [-0.3, -0.25) is 0 Å². The number of nitrogens with zero attached hydrogens (tertiary/aromatic N) is 2. The maximum atomic E-state index is 12.0. The maximum absolute atomic E-state index is 12.0. The molecule has 0 radical (unpaired) electrons. The van der Waals surface area contributed by atoms with Gasteiger partial charge in [-0.2, -0.15) is 8.78 Å². The number of nitrogens with two attached hydrogens (primary N) is 1. The topological polar surface area (TPSA) is 51.4 Å². The fourth-order valence-electron chi connectivity index (χ4n) is 2.30. The van der Waals surface area contributed by atoms with Crippen LogP contribution in [0, 0.1) is 5.41 Å². The van der Waals surface area contributed by atoms with Crippen LogP contribution >= 0.6 is 0 Å². The van der Waals surface area contributed by atoms with Gasteiger partial charge in [0.1, 0.15) is 11.6 Å². The summed E-state index contributed by atoms with van der Waals surface area (Å²) in [6, 6.07) is 3.38. The zero-order valence-corrected chi connectivity index (χ0v) is 11.1. The molecule has 19 heavy (non-hydrogen) atoms. The Balaban J connectivity index is 2.06. The summed E-state index contributed by atoms with van der Waals surface area (Å²) in [5.74, 6) is 0.841. The zero-order chi connectivity index (χ0) is 14.0. The molecular formula is C13H19F2N3O. The van der Waals surface area contributed by atoms with Crippen molar-refractivity contribution in [1.82, 2.24) is 4.98 Å². The lowest BCUT2D eigenvalue weighted by Crippen LogP contribution is -2.52. The van der Waals surface area contributed by atoms with Crippen molar-refractivity contribution in [3.63, 3.8) is 0 Å². The van der Waals surface area contributed by atoms with E-state index in [1.54, 1.807) is 6.07 Å². The van der Waals surface area contributed by atoms with E-state index in [2.05, 4.69) is 28.5 Å². The van der Waals surface area contributed by atoms with E-state index in [1.807, 2.05) is 0 Å². The van der Waals surface area contributed by atoms with Crippen LogP contribution in [0.3, 0.4) is 0 Å². The molecule has 1 aromatic heterocycles. The van der Waals surface area contributed by atoms with Crippen molar-refractivity contribution in [1.29, 1.82) is 0 Å². The van der Waals surface area contributed by atoms with E-state index in [0.717, 1.165) is 25.3 Å². The summed E-state index contributed by atoms with van der Waals surface area (Å²) >= 11 is 0. The average Bonchev–Trinajstić information content (AvgIpc) is 2.33. The zero-order valence-electron chi connectivity index (χ0n) is 11.1. The third kappa shape index (κ3) is 3.32. The Bertz CT molecular complexity index is 422. The summed E-state index contributed by atoms with van der Waals surface area (Å²) < 4.78 is 28.4. The van der Waals surface area contributed by atoms with Gasteiger partial charge < -0.3 is 15.4 Å². The number of ether oxygens (including phenoxy) is 1. The molecule has 6 heteroatoms. The smallest absolute Gasteiger partial charge is 0.387 e. The van der Waals surface area contributed by atoms with Crippen LogP contribution in [0.25, 0.3) is 0 Å². The molecule has 106 valence electrons. The molecule has 2 N–H and O–H groups in total. The minimum Gasteiger partial charge on any atom is -0.433 e. The number of rotatable bonds is 3. The van der Waals surface area contributed by atoms with Crippen LogP contribution in [-0.2, 0) is 0 Å². The summed E-state index contributed by atoms with van der Waals surface area (Å²) in [6.45, 7) is 3.05. The molecule has 1 aromatic rings. The van der Waals surface area contributed by atoms with E-state index >= 15 is 0 Å². The van der Waals surface area contributed by atoms with E-state index in [9.17, 15) is 8.78 Å². The molecule has 0 aliphatic carbocycles. The lowest BCUT2D eigenvalue weighted by molar-refractivity contribution is -0.0500. The Morgan fingerprint density at radius 3 is 2.74 bits per heavy atom. The molecule has 0 aromatic carbocycles. The highest BCUT2D eigenvalue weighted by Gasteiger charge is 2.33. The fourth-order valence-corrected chi connectivity index (χ4v) is 2.30. The van der Waals surface area contributed by atoms with Gasteiger partial charge in [-0.25, -0.2) is 4.98 Å². The predicted molar refractivity (Wildman–Crippen MR) is 69.5 cm³/mol. The van der Waals surface area contributed by atoms with Crippen molar-refractivity contribution < 1.29 is 13.5 Å². The Morgan fingerprint density at radius 1 is 1.47 bits per heavy atom. The van der Waals surface area contributed by atoms with E-state index in [1.165, 1.54) is 12.3 Å².